The van der Waals surface area contributed by atoms with Gasteiger partial charge in [-0.1, -0.05) is 15.9 Å². The number of amides is 1. The first-order valence-electron chi connectivity index (χ1n) is 7.98. The summed E-state index contributed by atoms with van der Waals surface area (Å²) < 4.78 is 16.4. The van der Waals surface area contributed by atoms with Gasteiger partial charge >= 0.3 is 5.69 Å². The number of hydrazone groups is 1. The molecule has 0 aliphatic carbocycles. The van der Waals surface area contributed by atoms with Crippen molar-refractivity contribution in [1.29, 1.82) is 0 Å². The van der Waals surface area contributed by atoms with Crippen molar-refractivity contribution >= 4 is 33.2 Å². The van der Waals surface area contributed by atoms with Crippen LogP contribution in [0.2, 0.25) is 0 Å². The number of methoxy groups -OCH3 is 2. The van der Waals surface area contributed by atoms with Crippen molar-refractivity contribution in [3.63, 3.8) is 0 Å². The third kappa shape index (κ3) is 5.43. The van der Waals surface area contributed by atoms with Crippen molar-refractivity contribution in [2.45, 2.75) is 6.92 Å². The van der Waals surface area contributed by atoms with Crippen molar-refractivity contribution in [1.82, 2.24) is 5.43 Å². The minimum Gasteiger partial charge on any atom is -0.493 e. The van der Waals surface area contributed by atoms with E-state index in [2.05, 4.69) is 26.5 Å². The minimum absolute atomic E-state index is 0.141. The number of ether oxygens (including phenoxy) is 3. The molecule has 0 spiro atoms. The summed E-state index contributed by atoms with van der Waals surface area (Å²) in [5.41, 5.74) is 3.03. The summed E-state index contributed by atoms with van der Waals surface area (Å²) >= 11 is 3.32. The van der Waals surface area contributed by atoms with Crippen molar-refractivity contribution in [2.24, 2.45) is 5.10 Å². The molecule has 9 nitrogen and oxygen atoms in total. The molecule has 2 aromatic rings. The predicted molar refractivity (Wildman–Crippen MR) is 106 cm³/mol. The second-order valence-electron chi connectivity index (χ2n) is 5.46. The lowest BCUT2D eigenvalue weighted by atomic mass is 10.1. The number of nitrogens with one attached hydrogen (secondary N) is 1. The van der Waals surface area contributed by atoms with E-state index in [1.807, 2.05) is 0 Å². The molecule has 0 bridgehead atoms. The van der Waals surface area contributed by atoms with Crippen LogP contribution in [-0.4, -0.2) is 37.4 Å². The average molecular weight is 452 g/mol. The van der Waals surface area contributed by atoms with E-state index in [0.29, 0.717) is 22.8 Å². The second-order valence-corrected chi connectivity index (χ2v) is 6.38. The van der Waals surface area contributed by atoms with Gasteiger partial charge in [0.2, 0.25) is 0 Å². The number of halogens is 1. The van der Waals surface area contributed by atoms with Gasteiger partial charge in [-0.15, -0.1) is 0 Å². The average Bonchev–Trinajstić information content (AvgIpc) is 2.70. The maximum Gasteiger partial charge on any atom is 0.311 e. The summed E-state index contributed by atoms with van der Waals surface area (Å²) in [5, 5.41) is 15.1. The number of nitro benzene ring substituents is 1. The molecule has 0 fully saturated rings. The molecule has 148 valence electrons. The number of carbonyl (C=O) groups excluding carboxylic acids is 1. The lowest BCUT2D eigenvalue weighted by Crippen LogP contribution is -2.25. The highest BCUT2D eigenvalue weighted by Gasteiger charge is 2.16. The second kappa shape index (κ2) is 9.70. The monoisotopic (exact) mass is 451 g/mol. The highest BCUT2D eigenvalue weighted by Crippen LogP contribution is 2.30. The summed E-state index contributed by atoms with van der Waals surface area (Å²) in [6, 6.07) is 9.55. The maximum atomic E-state index is 12.0. The molecule has 0 radical (unpaired) electrons. The molecular formula is C18H18BrN3O6. The highest BCUT2D eigenvalue weighted by atomic mass is 79.9. The molecule has 0 aromatic heterocycles. The SMILES string of the molecule is COc1cc(Br)ccc1OCC(=O)N/N=C(\C)c1ccc(OC)c([N+](=O)[O-])c1. The molecule has 0 heterocycles. The van der Waals surface area contributed by atoms with Gasteiger partial charge in [0.05, 0.1) is 24.9 Å². The summed E-state index contributed by atoms with van der Waals surface area (Å²) in [6.45, 7) is 1.34. The van der Waals surface area contributed by atoms with Crippen LogP contribution in [0.3, 0.4) is 0 Å². The van der Waals surface area contributed by atoms with E-state index in [1.54, 1.807) is 31.2 Å². The molecule has 0 saturated heterocycles. The molecule has 0 unspecified atom stereocenters. The zero-order valence-electron chi connectivity index (χ0n) is 15.4. The smallest absolute Gasteiger partial charge is 0.311 e. The molecule has 2 rings (SSSR count). The highest BCUT2D eigenvalue weighted by molar-refractivity contribution is 9.10. The van der Waals surface area contributed by atoms with Crippen LogP contribution in [0, 0.1) is 10.1 Å². The first kappa shape index (κ1) is 21.2. The Labute approximate surface area is 169 Å². The Hall–Kier alpha value is -3.14. The zero-order chi connectivity index (χ0) is 20.7. The van der Waals surface area contributed by atoms with E-state index in [0.717, 1.165) is 4.47 Å². The van der Waals surface area contributed by atoms with Crippen LogP contribution < -0.4 is 19.6 Å². The fourth-order valence-electron chi connectivity index (χ4n) is 2.20. The Bertz CT molecular complexity index is 916. The van der Waals surface area contributed by atoms with Gasteiger partial charge < -0.3 is 14.2 Å². The van der Waals surface area contributed by atoms with E-state index >= 15 is 0 Å². The minimum atomic E-state index is -0.548. The van der Waals surface area contributed by atoms with Crippen LogP contribution in [-0.2, 0) is 4.79 Å². The van der Waals surface area contributed by atoms with E-state index in [9.17, 15) is 14.9 Å². The molecule has 0 aliphatic heterocycles. The maximum absolute atomic E-state index is 12.0. The number of nitro groups is 1. The van der Waals surface area contributed by atoms with Crippen LogP contribution in [0.4, 0.5) is 5.69 Å². The molecule has 28 heavy (non-hydrogen) atoms. The van der Waals surface area contributed by atoms with Crippen molar-refractivity contribution in [2.75, 3.05) is 20.8 Å². The Balaban J connectivity index is 2.02. The molecule has 10 heteroatoms. The van der Waals surface area contributed by atoms with Gasteiger partial charge in [0.15, 0.2) is 23.9 Å². The van der Waals surface area contributed by atoms with Crippen molar-refractivity contribution in [3.8, 4) is 17.2 Å². The van der Waals surface area contributed by atoms with Gasteiger partial charge in [0.25, 0.3) is 5.91 Å². The van der Waals surface area contributed by atoms with Gasteiger partial charge in [0.1, 0.15) is 0 Å². The Kier molecular flexibility index (Phi) is 7.33. The van der Waals surface area contributed by atoms with Crippen LogP contribution in [0.1, 0.15) is 12.5 Å². The Morgan fingerprint density at radius 1 is 1.14 bits per heavy atom. The van der Waals surface area contributed by atoms with E-state index < -0.39 is 10.8 Å². The van der Waals surface area contributed by atoms with Crippen LogP contribution in [0.15, 0.2) is 46.0 Å². The summed E-state index contributed by atoms with van der Waals surface area (Å²) in [6.07, 6.45) is 0. The number of nitrogens with zero attached hydrogens (tertiary/aromatic N) is 2. The standard InChI is InChI=1S/C18H18BrN3O6/c1-11(12-4-6-15(26-2)14(8-12)22(24)25)20-21-18(23)10-28-16-7-5-13(19)9-17(16)27-3/h4-9H,10H2,1-3H3,(H,21,23)/b20-11+. The molecule has 2 aromatic carbocycles. The van der Waals surface area contributed by atoms with Crippen LogP contribution in [0.5, 0.6) is 17.2 Å². The fourth-order valence-corrected chi connectivity index (χ4v) is 2.54. The number of hydrogen-bond acceptors (Lipinski definition) is 7. The molecular weight excluding hydrogens is 434 g/mol. The van der Waals surface area contributed by atoms with Gasteiger partial charge in [-0.2, -0.15) is 5.10 Å². The first-order chi connectivity index (χ1) is 13.3. The van der Waals surface area contributed by atoms with Crippen LogP contribution >= 0.6 is 15.9 Å². The van der Waals surface area contributed by atoms with Gasteiger partial charge in [-0.25, -0.2) is 5.43 Å². The number of benzene rings is 2. The fraction of sp³-hybridized carbons (Fsp3) is 0.222. The summed E-state index contributed by atoms with van der Waals surface area (Å²) in [5.74, 6) is 0.537. The number of rotatable bonds is 8. The lowest BCUT2D eigenvalue weighted by molar-refractivity contribution is -0.385. The largest absolute Gasteiger partial charge is 0.493 e. The first-order valence-corrected chi connectivity index (χ1v) is 8.77. The molecule has 1 amide bonds. The Morgan fingerprint density at radius 3 is 2.46 bits per heavy atom. The zero-order valence-corrected chi connectivity index (χ0v) is 17.0. The van der Waals surface area contributed by atoms with Crippen molar-refractivity contribution < 1.29 is 23.9 Å². The van der Waals surface area contributed by atoms with Gasteiger partial charge in [-0.3, -0.25) is 14.9 Å². The van der Waals surface area contributed by atoms with E-state index in [4.69, 9.17) is 14.2 Å². The lowest BCUT2D eigenvalue weighted by Gasteiger charge is -2.10. The summed E-state index contributed by atoms with van der Waals surface area (Å²) in [4.78, 5) is 22.5. The number of carbonyl (C=O) groups is 1. The Morgan fingerprint density at radius 2 is 1.82 bits per heavy atom. The molecule has 0 atom stereocenters. The molecule has 0 aliphatic rings. The third-order valence-corrected chi connectivity index (χ3v) is 4.12. The van der Waals surface area contributed by atoms with Gasteiger partial charge in [-0.05, 0) is 37.3 Å². The van der Waals surface area contributed by atoms with Crippen LogP contribution in [0.25, 0.3) is 0 Å². The normalized spacial score (nSPS) is 10.9. The quantitative estimate of drug-likeness (QED) is 0.374. The van der Waals surface area contributed by atoms with Gasteiger partial charge in [0, 0.05) is 16.1 Å². The third-order valence-electron chi connectivity index (χ3n) is 3.63. The number of hydrogen-bond donors (Lipinski definition) is 1. The molecule has 0 saturated carbocycles. The topological polar surface area (TPSA) is 112 Å². The predicted octanol–water partition coefficient (Wildman–Crippen LogP) is 3.29. The van der Waals surface area contributed by atoms with E-state index in [1.165, 1.54) is 26.4 Å². The molecule has 1 N–H and O–H groups in total. The van der Waals surface area contributed by atoms with Crippen molar-refractivity contribution in [3.05, 3.63) is 56.5 Å². The van der Waals surface area contributed by atoms with E-state index in [-0.39, 0.29) is 18.0 Å². The summed E-state index contributed by atoms with van der Waals surface area (Å²) in [7, 11) is 2.85.